The molecule has 0 bridgehead atoms. The van der Waals surface area contributed by atoms with Gasteiger partial charge >= 0.3 is 0 Å². The lowest BCUT2D eigenvalue weighted by Gasteiger charge is -2.28. The largest absolute Gasteiger partial charge is 0.378 e. The number of aromatic nitrogens is 3. The monoisotopic (exact) mass is 483 g/mol. The topological polar surface area (TPSA) is 72.7 Å². The van der Waals surface area contributed by atoms with Gasteiger partial charge in [0.2, 0.25) is 5.95 Å². The molecule has 0 saturated carbocycles. The van der Waals surface area contributed by atoms with Gasteiger partial charge in [0.1, 0.15) is 0 Å². The van der Waals surface area contributed by atoms with Crippen molar-refractivity contribution in [2.75, 3.05) is 55.5 Å². The maximum absolute atomic E-state index is 13.1. The van der Waals surface area contributed by atoms with Crippen LogP contribution in [-0.2, 0) is 26.2 Å². The molecule has 2 aromatic rings. The highest BCUT2D eigenvalue weighted by Crippen LogP contribution is 2.46. The first-order valence-corrected chi connectivity index (χ1v) is 13.0. The van der Waals surface area contributed by atoms with Crippen LogP contribution in [0.2, 0.25) is 0 Å². The van der Waals surface area contributed by atoms with Crippen LogP contribution < -0.4 is 9.80 Å². The number of hydrogen-bond donors (Lipinski definition) is 0. The van der Waals surface area contributed by atoms with Gasteiger partial charge < -0.3 is 19.3 Å². The lowest BCUT2D eigenvalue weighted by molar-refractivity contribution is -0.112. The Hall–Kier alpha value is -2.36. The Morgan fingerprint density at radius 3 is 2.74 bits per heavy atom. The number of para-hydroxylation sites is 1. The number of ether oxygens (including phenoxy) is 2. The van der Waals surface area contributed by atoms with Gasteiger partial charge in [-0.15, -0.1) is 10.2 Å². The Labute approximate surface area is 205 Å². The first-order valence-electron chi connectivity index (χ1n) is 12.0. The fraction of sp³-hybridized carbons (Fsp3) is 0.560. The first kappa shape index (κ1) is 23.4. The fourth-order valence-electron chi connectivity index (χ4n) is 5.13. The van der Waals surface area contributed by atoms with Gasteiger partial charge in [0, 0.05) is 49.6 Å². The van der Waals surface area contributed by atoms with Crippen molar-refractivity contribution >= 4 is 29.2 Å². The minimum Gasteiger partial charge on any atom is -0.378 e. The zero-order valence-electron chi connectivity index (χ0n) is 20.2. The van der Waals surface area contributed by atoms with E-state index < -0.39 is 0 Å². The minimum absolute atomic E-state index is 0.0762. The summed E-state index contributed by atoms with van der Waals surface area (Å²) in [6.07, 6.45) is 4.09. The van der Waals surface area contributed by atoms with E-state index in [4.69, 9.17) is 9.47 Å². The van der Waals surface area contributed by atoms with E-state index >= 15 is 0 Å². The second kappa shape index (κ2) is 9.71. The normalized spacial score (nSPS) is 23.0. The van der Waals surface area contributed by atoms with E-state index in [1.807, 2.05) is 13.1 Å². The molecule has 3 aliphatic heterocycles. The fourth-order valence-corrected chi connectivity index (χ4v) is 5.89. The summed E-state index contributed by atoms with van der Waals surface area (Å²) in [5, 5.41) is 9.73. The molecule has 34 heavy (non-hydrogen) atoms. The van der Waals surface area contributed by atoms with E-state index in [0.717, 1.165) is 55.0 Å². The van der Waals surface area contributed by atoms with Crippen LogP contribution >= 0.6 is 11.8 Å². The molecule has 0 spiro atoms. The number of likely N-dealkylation sites (N-methyl/N-ethyl adjacent to an activating group) is 1. The van der Waals surface area contributed by atoms with E-state index in [1.165, 1.54) is 17.3 Å². The van der Waals surface area contributed by atoms with Crippen molar-refractivity contribution in [3.8, 4) is 0 Å². The lowest BCUT2D eigenvalue weighted by atomic mass is 9.83. The summed E-state index contributed by atoms with van der Waals surface area (Å²) in [7, 11) is 2.03. The Morgan fingerprint density at radius 2 is 2.00 bits per heavy atom. The number of ketones is 1. The number of carbonyl (C=O) groups excluding carboxylic acids is 1. The van der Waals surface area contributed by atoms with E-state index in [9.17, 15) is 4.79 Å². The molecule has 9 heteroatoms. The number of carbonyl (C=O) groups is 1. The van der Waals surface area contributed by atoms with Gasteiger partial charge in [-0.25, -0.2) is 0 Å². The summed E-state index contributed by atoms with van der Waals surface area (Å²) in [5.74, 6) is 1.24. The van der Waals surface area contributed by atoms with Gasteiger partial charge in [-0.05, 0) is 24.5 Å². The van der Waals surface area contributed by atoms with Crippen LogP contribution in [0.25, 0.3) is 0 Å². The van der Waals surface area contributed by atoms with Crippen LogP contribution in [0.4, 0.5) is 11.6 Å². The van der Waals surface area contributed by atoms with Gasteiger partial charge in [-0.1, -0.05) is 43.8 Å². The van der Waals surface area contributed by atoms with E-state index in [1.54, 1.807) is 6.08 Å². The summed E-state index contributed by atoms with van der Waals surface area (Å²) in [6, 6.07) is 8.35. The van der Waals surface area contributed by atoms with Crippen molar-refractivity contribution < 1.29 is 14.3 Å². The zero-order chi connectivity index (χ0) is 23.7. The summed E-state index contributed by atoms with van der Waals surface area (Å²) in [4.78, 5) is 17.4. The first-order chi connectivity index (χ1) is 16.4. The highest BCUT2D eigenvalue weighted by Gasteiger charge is 2.38. The van der Waals surface area contributed by atoms with Crippen molar-refractivity contribution in [2.24, 2.45) is 0 Å². The number of anilines is 2. The number of nitrogens with zero attached hydrogens (tertiary/aromatic N) is 5. The zero-order valence-corrected chi connectivity index (χ0v) is 21.0. The Balaban J connectivity index is 1.32. The van der Waals surface area contributed by atoms with Gasteiger partial charge in [-0.2, -0.15) is 0 Å². The standard InChI is InChI=1S/C25H33N5O3S/c1-25(2)20-8-4-5-9-21(20)28(3)22(25)15-18(31)17-34-24-27-26-23(29-10-13-32-14-11-29)30(24)16-19-7-6-12-33-19/h4-5,8-9,15,19H,6-7,10-14,16-17H2,1-3H3/b22-15-. The molecule has 3 aliphatic rings. The number of fused-ring (bicyclic) bond motifs is 1. The molecule has 0 amide bonds. The number of morpholine rings is 1. The second-order valence-electron chi connectivity index (χ2n) is 9.61. The van der Waals surface area contributed by atoms with Crippen molar-refractivity contribution in [3.05, 3.63) is 41.6 Å². The van der Waals surface area contributed by atoms with Crippen LogP contribution in [0.15, 0.2) is 41.2 Å². The average Bonchev–Trinajstić information content (AvgIpc) is 3.55. The van der Waals surface area contributed by atoms with E-state index in [-0.39, 0.29) is 17.3 Å². The van der Waals surface area contributed by atoms with Crippen LogP contribution in [0, 0.1) is 0 Å². The molecule has 1 unspecified atom stereocenters. The van der Waals surface area contributed by atoms with E-state index in [2.05, 4.69) is 56.6 Å². The summed E-state index contributed by atoms with van der Waals surface area (Å²) in [5.41, 5.74) is 3.21. The molecule has 1 atom stereocenters. The van der Waals surface area contributed by atoms with Crippen molar-refractivity contribution in [1.82, 2.24) is 14.8 Å². The van der Waals surface area contributed by atoms with Gasteiger partial charge in [-0.3, -0.25) is 9.36 Å². The van der Waals surface area contributed by atoms with Crippen LogP contribution in [0.5, 0.6) is 0 Å². The molecule has 0 aliphatic carbocycles. The minimum atomic E-state index is -0.213. The third-order valence-electron chi connectivity index (χ3n) is 6.98. The van der Waals surface area contributed by atoms with Crippen molar-refractivity contribution in [1.29, 1.82) is 0 Å². The molecule has 2 saturated heterocycles. The number of rotatable bonds is 7. The molecule has 0 N–H and O–H groups in total. The van der Waals surface area contributed by atoms with Crippen LogP contribution in [0.1, 0.15) is 32.3 Å². The molecular formula is C25H33N5O3S. The Bertz CT molecular complexity index is 1070. The third kappa shape index (κ3) is 4.48. The highest BCUT2D eigenvalue weighted by atomic mass is 32.2. The lowest BCUT2D eigenvalue weighted by Crippen LogP contribution is -2.38. The molecule has 182 valence electrons. The molecule has 8 nitrogen and oxygen atoms in total. The summed E-state index contributed by atoms with van der Waals surface area (Å²) < 4.78 is 13.5. The second-order valence-corrected chi connectivity index (χ2v) is 10.6. The van der Waals surface area contributed by atoms with Crippen LogP contribution in [-0.4, -0.2) is 72.4 Å². The predicted octanol–water partition coefficient (Wildman–Crippen LogP) is 3.27. The number of allylic oxidation sites excluding steroid dienone is 2. The maximum atomic E-state index is 13.1. The maximum Gasteiger partial charge on any atom is 0.228 e. The summed E-state index contributed by atoms with van der Waals surface area (Å²) in [6.45, 7) is 8.83. The highest BCUT2D eigenvalue weighted by molar-refractivity contribution is 7.99. The van der Waals surface area contributed by atoms with Crippen molar-refractivity contribution in [2.45, 2.75) is 49.9 Å². The van der Waals surface area contributed by atoms with Gasteiger partial charge in [0.15, 0.2) is 10.9 Å². The number of thioether (sulfide) groups is 1. The molecular weight excluding hydrogens is 450 g/mol. The Morgan fingerprint density at radius 1 is 1.21 bits per heavy atom. The molecule has 0 radical (unpaired) electrons. The molecule has 2 fully saturated rings. The SMILES string of the molecule is CN1/C(=C\C(=O)CSc2nnc(N3CCOCC3)n2CC2CCCO2)C(C)(C)c2ccccc21. The average molecular weight is 484 g/mol. The quantitative estimate of drug-likeness (QED) is 0.439. The number of hydrogen-bond acceptors (Lipinski definition) is 8. The Kier molecular flexibility index (Phi) is 6.68. The molecule has 1 aromatic heterocycles. The van der Waals surface area contributed by atoms with Crippen molar-refractivity contribution in [3.63, 3.8) is 0 Å². The smallest absolute Gasteiger partial charge is 0.228 e. The van der Waals surface area contributed by atoms with E-state index in [0.29, 0.717) is 25.5 Å². The predicted molar refractivity (Wildman–Crippen MR) is 134 cm³/mol. The van der Waals surface area contributed by atoms with Crippen LogP contribution in [0.3, 0.4) is 0 Å². The number of benzene rings is 1. The molecule has 5 rings (SSSR count). The van der Waals surface area contributed by atoms with Gasteiger partial charge in [0.25, 0.3) is 0 Å². The third-order valence-corrected chi connectivity index (χ3v) is 7.97. The molecule has 1 aromatic carbocycles. The molecule has 4 heterocycles. The van der Waals surface area contributed by atoms with Gasteiger partial charge in [0.05, 0.1) is 31.6 Å². The summed E-state index contributed by atoms with van der Waals surface area (Å²) >= 11 is 1.46.